The van der Waals surface area contributed by atoms with Gasteiger partial charge in [0.05, 0.1) is 13.7 Å². The van der Waals surface area contributed by atoms with Crippen molar-refractivity contribution in [1.29, 1.82) is 0 Å². The molecule has 1 aliphatic heterocycles. The number of amides is 1. The molecule has 1 saturated carbocycles. The fraction of sp³-hybridized carbons (Fsp3) is 0.435. The third-order valence-electron chi connectivity index (χ3n) is 5.76. The first kappa shape index (κ1) is 19.7. The molecule has 6 heteroatoms. The van der Waals surface area contributed by atoms with Gasteiger partial charge in [0.25, 0.3) is 0 Å². The number of carbonyl (C=O) groups excluding carboxylic acids is 1. The van der Waals surface area contributed by atoms with Crippen LogP contribution in [-0.4, -0.2) is 61.6 Å². The van der Waals surface area contributed by atoms with Crippen molar-refractivity contribution in [3.8, 4) is 5.75 Å². The number of piperazine rings is 1. The number of benzene rings is 2. The van der Waals surface area contributed by atoms with E-state index in [9.17, 15) is 9.18 Å². The molecule has 1 aliphatic carbocycles. The molecular weight excluding hydrogens is 369 g/mol. The highest BCUT2D eigenvalue weighted by Crippen LogP contribution is 2.29. The number of rotatable bonds is 7. The lowest BCUT2D eigenvalue weighted by molar-refractivity contribution is -0.133. The zero-order chi connectivity index (χ0) is 20.2. The second-order valence-electron chi connectivity index (χ2n) is 7.81. The summed E-state index contributed by atoms with van der Waals surface area (Å²) in [5.74, 6) is 0.719. The molecule has 2 fully saturated rings. The molecule has 0 radical (unpaired) electrons. The lowest BCUT2D eigenvalue weighted by Crippen LogP contribution is -2.50. The van der Waals surface area contributed by atoms with Crippen LogP contribution in [0.1, 0.15) is 18.4 Å². The molecule has 2 aromatic rings. The van der Waals surface area contributed by atoms with Gasteiger partial charge in [-0.1, -0.05) is 24.3 Å². The molecule has 0 unspecified atom stereocenters. The molecule has 154 valence electrons. The summed E-state index contributed by atoms with van der Waals surface area (Å²) in [5.41, 5.74) is 1.74. The van der Waals surface area contributed by atoms with E-state index in [1.165, 1.54) is 6.07 Å². The van der Waals surface area contributed by atoms with Crippen LogP contribution in [0.3, 0.4) is 0 Å². The number of hydrogen-bond donors (Lipinski definition) is 0. The van der Waals surface area contributed by atoms with E-state index >= 15 is 0 Å². The fourth-order valence-corrected chi connectivity index (χ4v) is 3.87. The SMILES string of the molecule is COc1cccc(N2CCN(CC(=O)N(Cc3ccccc3F)C3CC3)CC2)c1. The Morgan fingerprint density at radius 1 is 1.10 bits per heavy atom. The van der Waals surface area contributed by atoms with Gasteiger partial charge in [-0.15, -0.1) is 0 Å². The molecule has 0 aromatic heterocycles. The summed E-state index contributed by atoms with van der Waals surface area (Å²) < 4.78 is 19.4. The van der Waals surface area contributed by atoms with Crippen LogP contribution in [0.15, 0.2) is 48.5 Å². The molecule has 4 rings (SSSR count). The standard InChI is InChI=1S/C23H28FN3O2/c1-29-21-7-4-6-20(15-21)26-13-11-25(12-14-26)17-23(28)27(19-9-10-19)16-18-5-2-3-8-22(18)24/h2-8,15,19H,9-14,16-17H2,1H3. The minimum atomic E-state index is -0.238. The van der Waals surface area contributed by atoms with Crippen molar-refractivity contribution in [2.24, 2.45) is 0 Å². The normalized spacial score (nSPS) is 17.2. The lowest BCUT2D eigenvalue weighted by Gasteiger charge is -2.36. The Kier molecular flexibility index (Phi) is 6.00. The topological polar surface area (TPSA) is 36.0 Å². The summed E-state index contributed by atoms with van der Waals surface area (Å²) in [6.07, 6.45) is 2.04. The second kappa shape index (κ2) is 8.82. The van der Waals surface area contributed by atoms with E-state index < -0.39 is 0 Å². The van der Waals surface area contributed by atoms with Crippen LogP contribution in [0.5, 0.6) is 5.75 Å². The van der Waals surface area contributed by atoms with Gasteiger partial charge in [-0.25, -0.2) is 4.39 Å². The molecule has 0 atom stereocenters. The molecule has 1 heterocycles. The Morgan fingerprint density at radius 3 is 2.55 bits per heavy atom. The third-order valence-corrected chi connectivity index (χ3v) is 5.76. The quantitative estimate of drug-likeness (QED) is 0.719. The number of nitrogens with zero attached hydrogens (tertiary/aromatic N) is 3. The third kappa shape index (κ3) is 4.88. The van der Waals surface area contributed by atoms with Gasteiger partial charge in [0.2, 0.25) is 5.91 Å². The lowest BCUT2D eigenvalue weighted by atomic mass is 10.2. The first-order chi connectivity index (χ1) is 14.1. The minimum Gasteiger partial charge on any atom is -0.497 e. The number of carbonyl (C=O) groups is 1. The molecular formula is C23H28FN3O2. The Bertz CT molecular complexity index is 848. The van der Waals surface area contributed by atoms with Crippen LogP contribution in [0.25, 0.3) is 0 Å². The highest BCUT2D eigenvalue weighted by Gasteiger charge is 2.34. The summed E-state index contributed by atoms with van der Waals surface area (Å²) in [6.45, 7) is 4.17. The van der Waals surface area contributed by atoms with Gasteiger partial charge >= 0.3 is 0 Å². The summed E-state index contributed by atoms with van der Waals surface area (Å²) in [7, 11) is 1.68. The summed E-state index contributed by atoms with van der Waals surface area (Å²) >= 11 is 0. The summed E-state index contributed by atoms with van der Waals surface area (Å²) in [5, 5.41) is 0. The van der Waals surface area contributed by atoms with Gasteiger partial charge in [-0.3, -0.25) is 9.69 Å². The molecule has 2 aliphatic rings. The van der Waals surface area contributed by atoms with E-state index in [1.807, 2.05) is 29.2 Å². The smallest absolute Gasteiger partial charge is 0.237 e. The number of anilines is 1. The average molecular weight is 397 g/mol. The number of halogens is 1. The van der Waals surface area contributed by atoms with Crippen molar-refractivity contribution in [2.75, 3.05) is 44.7 Å². The molecule has 5 nitrogen and oxygen atoms in total. The predicted octanol–water partition coefficient (Wildman–Crippen LogP) is 3.15. The van der Waals surface area contributed by atoms with Crippen LogP contribution in [0.4, 0.5) is 10.1 Å². The zero-order valence-electron chi connectivity index (χ0n) is 16.9. The van der Waals surface area contributed by atoms with Gasteiger partial charge in [0.1, 0.15) is 11.6 Å². The van der Waals surface area contributed by atoms with Crippen LogP contribution in [0.2, 0.25) is 0 Å². The molecule has 0 bridgehead atoms. The van der Waals surface area contributed by atoms with E-state index in [0.717, 1.165) is 50.5 Å². The van der Waals surface area contributed by atoms with Crippen LogP contribution < -0.4 is 9.64 Å². The molecule has 29 heavy (non-hydrogen) atoms. The Hall–Kier alpha value is -2.60. The van der Waals surface area contributed by atoms with Crippen molar-refractivity contribution in [3.05, 3.63) is 59.9 Å². The number of methoxy groups -OCH3 is 1. The van der Waals surface area contributed by atoms with Crippen molar-refractivity contribution in [3.63, 3.8) is 0 Å². The minimum absolute atomic E-state index is 0.102. The predicted molar refractivity (Wildman–Crippen MR) is 112 cm³/mol. The monoisotopic (exact) mass is 397 g/mol. The van der Waals surface area contributed by atoms with E-state index in [2.05, 4.69) is 15.9 Å². The van der Waals surface area contributed by atoms with Crippen molar-refractivity contribution < 1.29 is 13.9 Å². The number of ether oxygens (including phenoxy) is 1. The van der Waals surface area contributed by atoms with E-state index in [4.69, 9.17) is 4.74 Å². The highest BCUT2D eigenvalue weighted by atomic mass is 19.1. The van der Waals surface area contributed by atoms with Crippen molar-refractivity contribution in [1.82, 2.24) is 9.80 Å². The van der Waals surface area contributed by atoms with E-state index in [-0.39, 0.29) is 17.8 Å². The average Bonchev–Trinajstić information content (AvgIpc) is 3.59. The molecule has 1 amide bonds. The molecule has 1 saturated heterocycles. The highest BCUT2D eigenvalue weighted by molar-refractivity contribution is 5.79. The Morgan fingerprint density at radius 2 is 1.86 bits per heavy atom. The van der Waals surface area contributed by atoms with Gasteiger partial charge in [0, 0.05) is 56.1 Å². The summed E-state index contributed by atoms with van der Waals surface area (Å²) in [6, 6.07) is 15.1. The van der Waals surface area contributed by atoms with Gasteiger partial charge < -0.3 is 14.5 Å². The van der Waals surface area contributed by atoms with Crippen LogP contribution >= 0.6 is 0 Å². The van der Waals surface area contributed by atoms with Gasteiger partial charge in [-0.2, -0.15) is 0 Å². The first-order valence-electron chi connectivity index (χ1n) is 10.3. The molecule has 2 aromatic carbocycles. The van der Waals surface area contributed by atoms with Gasteiger partial charge in [-0.05, 0) is 31.0 Å². The largest absolute Gasteiger partial charge is 0.497 e. The second-order valence-corrected chi connectivity index (χ2v) is 7.81. The van der Waals surface area contributed by atoms with Crippen LogP contribution in [0, 0.1) is 5.82 Å². The van der Waals surface area contributed by atoms with Crippen LogP contribution in [-0.2, 0) is 11.3 Å². The first-order valence-corrected chi connectivity index (χ1v) is 10.3. The molecule has 0 spiro atoms. The Balaban J connectivity index is 1.33. The Labute approximate surface area is 171 Å². The van der Waals surface area contributed by atoms with E-state index in [1.54, 1.807) is 19.2 Å². The maximum atomic E-state index is 14.1. The molecule has 0 N–H and O–H groups in total. The van der Waals surface area contributed by atoms with Crippen molar-refractivity contribution >= 4 is 11.6 Å². The van der Waals surface area contributed by atoms with E-state index in [0.29, 0.717) is 18.7 Å². The summed E-state index contributed by atoms with van der Waals surface area (Å²) in [4.78, 5) is 19.4. The van der Waals surface area contributed by atoms with Crippen molar-refractivity contribution in [2.45, 2.75) is 25.4 Å². The fourth-order valence-electron chi connectivity index (χ4n) is 3.87. The maximum absolute atomic E-state index is 14.1. The zero-order valence-corrected chi connectivity index (χ0v) is 16.9. The number of hydrogen-bond acceptors (Lipinski definition) is 4. The van der Waals surface area contributed by atoms with Gasteiger partial charge in [0.15, 0.2) is 0 Å². The maximum Gasteiger partial charge on any atom is 0.237 e.